The first-order valence-corrected chi connectivity index (χ1v) is 7.51. The third kappa shape index (κ3) is 3.25. The monoisotopic (exact) mass is 397 g/mol. The molecule has 1 heterocycles. The van der Waals surface area contributed by atoms with Crippen LogP contribution >= 0.6 is 27.3 Å². The predicted molar refractivity (Wildman–Crippen MR) is 80.0 cm³/mol. The number of halogens is 2. The van der Waals surface area contributed by atoms with Crippen LogP contribution in [0.25, 0.3) is 10.2 Å². The van der Waals surface area contributed by atoms with Crippen molar-refractivity contribution < 1.29 is 21.5 Å². The van der Waals surface area contributed by atoms with E-state index in [0.29, 0.717) is 0 Å². The minimum atomic E-state index is 0. The maximum atomic E-state index is 3.52. The van der Waals surface area contributed by atoms with Crippen molar-refractivity contribution in [2.24, 2.45) is 0 Å². The van der Waals surface area contributed by atoms with Crippen molar-refractivity contribution in [2.75, 3.05) is 0 Å². The Morgan fingerprint density at radius 1 is 1.16 bits per heavy atom. The number of hydrogen-bond acceptors (Lipinski definition) is 1. The first-order valence-electron chi connectivity index (χ1n) is 5.84. The van der Waals surface area contributed by atoms with Crippen LogP contribution in [0, 0.1) is 6.92 Å². The van der Waals surface area contributed by atoms with Crippen molar-refractivity contribution in [3.05, 3.63) is 63.6 Å². The second kappa shape index (κ2) is 6.16. The molecule has 1 aromatic heterocycles. The molecule has 3 rings (SSSR count). The van der Waals surface area contributed by atoms with Crippen LogP contribution in [0.1, 0.15) is 11.1 Å². The zero-order chi connectivity index (χ0) is 12.5. The molecule has 2 aromatic carbocycles. The Labute approximate surface area is 135 Å². The molecule has 0 N–H and O–H groups in total. The van der Waals surface area contributed by atoms with Crippen LogP contribution in [-0.4, -0.2) is 0 Å². The normalized spacial score (nSPS) is 10.4. The maximum Gasteiger partial charge on any atom is 0.226 e. The molecule has 0 bridgehead atoms. The van der Waals surface area contributed by atoms with Gasteiger partial charge in [0.25, 0.3) is 0 Å². The summed E-state index contributed by atoms with van der Waals surface area (Å²) < 4.78 is 4.79. The van der Waals surface area contributed by atoms with Crippen molar-refractivity contribution in [1.82, 2.24) is 0 Å². The van der Waals surface area contributed by atoms with Crippen LogP contribution in [0.4, 0.5) is 0 Å². The Morgan fingerprint density at radius 2 is 2.00 bits per heavy atom. The minimum Gasteiger partial charge on any atom is -1.00 e. The molecule has 0 fully saturated rings. The van der Waals surface area contributed by atoms with Gasteiger partial charge in [0.2, 0.25) is 11.0 Å². The fraction of sp³-hybridized carbons (Fsp3) is 0.133. The average molecular weight is 399 g/mol. The van der Waals surface area contributed by atoms with Gasteiger partial charge in [-0.1, -0.05) is 45.5 Å². The molecule has 0 aliphatic carbocycles. The van der Waals surface area contributed by atoms with Crippen LogP contribution in [0.2, 0.25) is 0 Å². The third-order valence-corrected chi connectivity index (χ3v) is 4.41. The SMILES string of the molecule is Cc1ccc2c(c1)sc[n+]2Cc1cccc(Br)c1.[Br-]. The number of hydrogen-bond donors (Lipinski definition) is 0. The molecule has 0 saturated heterocycles. The van der Waals surface area contributed by atoms with Gasteiger partial charge in [-0.25, -0.2) is 0 Å². The van der Waals surface area contributed by atoms with Gasteiger partial charge in [0, 0.05) is 16.1 Å². The Morgan fingerprint density at radius 3 is 2.79 bits per heavy atom. The summed E-state index contributed by atoms with van der Waals surface area (Å²) in [5, 5.41) is 0. The van der Waals surface area contributed by atoms with E-state index in [2.05, 4.69) is 75.4 Å². The summed E-state index contributed by atoms with van der Waals surface area (Å²) in [6, 6.07) is 15.1. The second-order valence-corrected chi connectivity index (χ2v) is 6.25. The van der Waals surface area contributed by atoms with Crippen LogP contribution in [-0.2, 0) is 6.54 Å². The number of nitrogens with zero attached hydrogens (tertiary/aromatic N) is 1. The van der Waals surface area contributed by atoms with E-state index >= 15 is 0 Å². The van der Waals surface area contributed by atoms with E-state index in [0.717, 1.165) is 11.0 Å². The van der Waals surface area contributed by atoms with Crippen LogP contribution in [0.15, 0.2) is 52.4 Å². The van der Waals surface area contributed by atoms with Gasteiger partial charge < -0.3 is 17.0 Å². The highest BCUT2D eigenvalue weighted by Gasteiger charge is 2.12. The largest absolute Gasteiger partial charge is 1.00 e. The van der Waals surface area contributed by atoms with Gasteiger partial charge in [0.15, 0.2) is 6.54 Å². The fourth-order valence-corrected chi connectivity index (χ4v) is 3.52. The zero-order valence-electron chi connectivity index (χ0n) is 10.4. The lowest BCUT2D eigenvalue weighted by Gasteiger charge is -1.97. The molecule has 0 radical (unpaired) electrons. The Bertz CT molecular complexity index is 706. The number of thiazole rings is 1. The standard InChI is InChI=1S/C15H13BrNS.BrH/c1-11-5-6-14-15(7-11)18-10-17(14)9-12-3-2-4-13(16)8-12;/h2-8,10H,9H2,1H3;1H/q+1;/p-1. The summed E-state index contributed by atoms with van der Waals surface area (Å²) in [5.41, 5.74) is 6.14. The van der Waals surface area contributed by atoms with E-state index < -0.39 is 0 Å². The topological polar surface area (TPSA) is 3.88 Å². The summed E-state index contributed by atoms with van der Waals surface area (Å²) in [6.07, 6.45) is 0. The molecule has 1 nitrogen and oxygen atoms in total. The molecule has 0 unspecified atom stereocenters. The minimum absolute atomic E-state index is 0. The van der Waals surface area contributed by atoms with Gasteiger partial charge >= 0.3 is 0 Å². The fourth-order valence-electron chi connectivity index (χ4n) is 2.08. The summed E-state index contributed by atoms with van der Waals surface area (Å²) in [6.45, 7) is 3.06. The predicted octanol–water partition coefficient (Wildman–Crippen LogP) is 1.31. The molecule has 4 heteroatoms. The summed E-state index contributed by atoms with van der Waals surface area (Å²) in [7, 11) is 0. The maximum absolute atomic E-state index is 3.52. The summed E-state index contributed by atoms with van der Waals surface area (Å²) >= 11 is 5.32. The molecule has 19 heavy (non-hydrogen) atoms. The molecule has 0 atom stereocenters. The number of benzene rings is 2. The lowest BCUT2D eigenvalue weighted by atomic mass is 10.2. The Balaban J connectivity index is 0.00000133. The molecular formula is C15H13Br2NS. The van der Waals surface area contributed by atoms with Crippen molar-refractivity contribution in [3.63, 3.8) is 0 Å². The Hall–Kier alpha value is -0.710. The van der Waals surface area contributed by atoms with Gasteiger partial charge in [0.05, 0.1) is 0 Å². The van der Waals surface area contributed by atoms with Gasteiger partial charge in [0.1, 0.15) is 4.70 Å². The van der Waals surface area contributed by atoms with Crippen molar-refractivity contribution in [1.29, 1.82) is 0 Å². The van der Waals surface area contributed by atoms with E-state index in [-0.39, 0.29) is 17.0 Å². The second-order valence-electron chi connectivity index (χ2n) is 4.45. The average Bonchev–Trinajstić information content (AvgIpc) is 2.72. The lowest BCUT2D eigenvalue weighted by molar-refractivity contribution is -0.658. The van der Waals surface area contributed by atoms with Gasteiger partial charge in [-0.15, -0.1) is 0 Å². The number of fused-ring (bicyclic) bond motifs is 1. The molecule has 3 aromatic rings. The van der Waals surface area contributed by atoms with E-state index in [1.807, 2.05) is 0 Å². The Kier molecular flexibility index (Phi) is 4.76. The van der Waals surface area contributed by atoms with Gasteiger partial charge in [-0.2, -0.15) is 4.57 Å². The van der Waals surface area contributed by atoms with Crippen molar-refractivity contribution in [3.8, 4) is 0 Å². The van der Waals surface area contributed by atoms with E-state index in [1.54, 1.807) is 11.3 Å². The smallest absolute Gasteiger partial charge is 0.226 e. The molecule has 0 aliphatic heterocycles. The van der Waals surface area contributed by atoms with Crippen LogP contribution in [0.3, 0.4) is 0 Å². The molecule has 0 amide bonds. The highest BCUT2D eigenvalue weighted by molar-refractivity contribution is 9.10. The zero-order valence-corrected chi connectivity index (χ0v) is 14.4. The number of aromatic nitrogens is 1. The molecule has 0 saturated carbocycles. The molecule has 0 aliphatic rings. The summed E-state index contributed by atoms with van der Waals surface area (Å²) in [4.78, 5) is 0. The first kappa shape index (κ1) is 14.7. The highest BCUT2D eigenvalue weighted by atomic mass is 79.9. The first-order chi connectivity index (χ1) is 8.72. The number of aryl methyl sites for hydroxylation is 1. The quantitative estimate of drug-likeness (QED) is 0.573. The number of rotatable bonds is 2. The van der Waals surface area contributed by atoms with E-state index in [4.69, 9.17) is 0 Å². The molecule has 98 valence electrons. The van der Waals surface area contributed by atoms with E-state index in [1.165, 1.54) is 21.3 Å². The third-order valence-electron chi connectivity index (χ3n) is 2.97. The van der Waals surface area contributed by atoms with Gasteiger partial charge in [-0.3, -0.25) is 0 Å². The van der Waals surface area contributed by atoms with Crippen molar-refractivity contribution >= 4 is 37.5 Å². The molecule has 0 spiro atoms. The van der Waals surface area contributed by atoms with E-state index in [9.17, 15) is 0 Å². The van der Waals surface area contributed by atoms with Crippen LogP contribution in [0.5, 0.6) is 0 Å². The van der Waals surface area contributed by atoms with Crippen LogP contribution < -0.4 is 21.5 Å². The highest BCUT2D eigenvalue weighted by Crippen LogP contribution is 2.18. The lowest BCUT2D eigenvalue weighted by Crippen LogP contribution is -3.00. The van der Waals surface area contributed by atoms with Gasteiger partial charge in [-0.05, 0) is 30.7 Å². The molecular weight excluding hydrogens is 386 g/mol. The van der Waals surface area contributed by atoms with Crippen molar-refractivity contribution in [2.45, 2.75) is 13.5 Å². The summed E-state index contributed by atoms with van der Waals surface area (Å²) in [5.74, 6) is 0.